The van der Waals surface area contributed by atoms with Gasteiger partial charge < -0.3 is 15.5 Å². The molecule has 2 aromatic carbocycles. The van der Waals surface area contributed by atoms with Gasteiger partial charge >= 0.3 is 6.03 Å². The topological polar surface area (TPSA) is 81.8 Å². The van der Waals surface area contributed by atoms with E-state index in [0.29, 0.717) is 31.6 Å². The van der Waals surface area contributed by atoms with Gasteiger partial charge in [-0.3, -0.25) is 9.59 Å². The highest BCUT2D eigenvalue weighted by molar-refractivity contribution is 6.16. The minimum Gasteiger partial charge on any atom is -0.326 e. The third-order valence-electron chi connectivity index (χ3n) is 5.62. The molecule has 1 fully saturated rings. The highest BCUT2D eigenvalue weighted by atomic mass is 16.2. The Hall–Kier alpha value is -3.19. The number of benzene rings is 2. The van der Waals surface area contributed by atoms with E-state index in [2.05, 4.69) is 10.6 Å². The van der Waals surface area contributed by atoms with E-state index in [4.69, 9.17) is 0 Å². The molecule has 2 heterocycles. The quantitative estimate of drug-likeness (QED) is 0.821. The number of carbonyl (C=O) groups excluding carboxylic acids is 3. The van der Waals surface area contributed by atoms with Gasteiger partial charge in [-0.15, -0.1) is 0 Å². The van der Waals surface area contributed by atoms with E-state index >= 15 is 0 Å². The molecule has 30 heavy (non-hydrogen) atoms. The van der Waals surface area contributed by atoms with Crippen LogP contribution in [-0.4, -0.2) is 48.9 Å². The third-order valence-corrected chi connectivity index (χ3v) is 5.62. The Balaban J connectivity index is 1.56. The number of hydrogen-bond donors (Lipinski definition) is 2. The van der Waals surface area contributed by atoms with Crippen molar-refractivity contribution < 1.29 is 14.4 Å². The number of rotatable bonds is 3. The maximum atomic E-state index is 13.1. The number of hydrogen-bond acceptors (Lipinski definition) is 4. The van der Waals surface area contributed by atoms with E-state index in [1.54, 1.807) is 4.90 Å². The van der Waals surface area contributed by atoms with Gasteiger partial charge in [-0.1, -0.05) is 30.3 Å². The van der Waals surface area contributed by atoms with Crippen LogP contribution in [0.5, 0.6) is 0 Å². The molecule has 0 aromatic heterocycles. The maximum Gasteiger partial charge on any atom is 0.331 e. The lowest BCUT2D eigenvalue weighted by Gasteiger charge is -2.37. The van der Waals surface area contributed by atoms with Crippen LogP contribution in [-0.2, 0) is 16.0 Å². The minimum absolute atomic E-state index is 0.00684. The van der Waals surface area contributed by atoms with Crippen LogP contribution in [0.4, 0.5) is 16.2 Å². The molecule has 7 nitrogen and oxygen atoms in total. The molecule has 4 amide bonds. The molecule has 0 saturated carbocycles. The van der Waals surface area contributed by atoms with Crippen molar-refractivity contribution in [2.75, 3.05) is 36.4 Å². The second kappa shape index (κ2) is 8.67. The van der Waals surface area contributed by atoms with Gasteiger partial charge in [0.1, 0.15) is 0 Å². The predicted molar refractivity (Wildman–Crippen MR) is 116 cm³/mol. The minimum atomic E-state index is -0.230. The van der Waals surface area contributed by atoms with Gasteiger partial charge in [0.15, 0.2) is 0 Å². The lowest BCUT2D eigenvalue weighted by molar-refractivity contribution is -0.118. The van der Waals surface area contributed by atoms with E-state index in [-0.39, 0.29) is 23.8 Å². The van der Waals surface area contributed by atoms with Crippen LogP contribution in [0.1, 0.15) is 30.4 Å². The Morgan fingerprint density at radius 2 is 1.77 bits per heavy atom. The number of anilines is 2. The number of fused-ring (bicyclic) bond motifs is 1. The van der Waals surface area contributed by atoms with Crippen molar-refractivity contribution in [2.45, 2.75) is 25.7 Å². The molecule has 2 N–H and O–H groups in total. The lowest BCUT2D eigenvalue weighted by Crippen LogP contribution is -2.54. The van der Waals surface area contributed by atoms with Crippen LogP contribution in [0.2, 0.25) is 0 Å². The van der Waals surface area contributed by atoms with Crippen LogP contribution in [0.25, 0.3) is 0 Å². The SMILES string of the molecule is CC(=O)Nc1ccc(CC2CC(=O)N(C(=O)N3CCNCC3)c3ccccc32)cc1. The number of imide groups is 1. The first-order chi connectivity index (χ1) is 14.5. The predicted octanol–water partition coefficient (Wildman–Crippen LogP) is 2.73. The van der Waals surface area contributed by atoms with E-state index in [1.165, 1.54) is 11.8 Å². The first-order valence-corrected chi connectivity index (χ1v) is 10.3. The molecule has 156 valence electrons. The highest BCUT2D eigenvalue weighted by Crippen LogP contribution is 2.38. The molecule has 4 rings (SSSR count). The first-order valence-electron chi connectivity index (χ1n) is 10.3. The monoisotopic (exact) mass is 406 g/mol. The van der Waals surface area contributed by atoms with Gasteiger partial charge in [0.25, 0.3) is 0 Å². The average Bonchev–Trinajstić information content (AvgIpc) is 2.75. The van der Waals surface area contributed by atoms with E-state index < -0.39 is 0 Å². The molecule has 2 aliphatic rings. The van der Waals surface area contributed by atoms with E-state index in [1.807, 2.05) is 48.5 Å². The second-order valence-corrected chi connectivity index (χ2v) is 7.79. The van der Waals surface area contributed by atoms with Crippen LogP contribution in [0.3, 0.4) is 0 Å². The third kappa shape index (κ3) is 4.21. The largest absolute Gasteiger partial charge is 0.331 e. The fraction of sp³-hybridized carbons (Fsp3) is 0.348. The number of nitrogens with zero attached hydrogens (tertiary/aromatic N) is 2. The number of urea groups is 1. The Bertz CT molecular complexity index is 951. The van der Waals surface area contributed by atoms with Crippen molar-refractivity contribution in [1.82, 2.24) is 10.2 Å². The molecule has 0 bridgehead atoms. The highest BCUT2D eigenvalue weighted by Gasteiger charge is 2.37. The van der Waals surface area contributed by atoms with Crippen LogP contribution in [0, 0.1) is 0 Å². The molecule has 2 aliphatic heterocycles. The zero-order valence-corrected chi connectivity index (χ0v) is 17.1. The van der Waals surface area contributed by atoms with Crippen molar-refractivity contribution in [1.29, 1.82) is 0 Å². The van der Waals surface area contributed by atoms with Gasteiger partial charge in [0, 0.05) is 45.2 Å². The summed E-state index contributed by atoms with van der Waals surface area (Å²) in [7, 11) is 0. The summed E-state index contributed by atoms with van der Waals surface area (Å²) in [5.74, 6) is -0.256. The van der Waals surface area contributed by atoms with Crippen LogP contribution >= 0.6 is 0 Å². The van der Waals surface area contributed by atoms with Crippen molar-refractivity contribution in [2.24, 2.45) is 0 Å². The fourth-order valence-corrected chi connectivity index (χ4v) is 4.18. The number of nitrogens with one attached hydrogen (secondary N) is 2. The fourth-order valence-electron chi connectivity index (χ4n) is 4.18. The van der Waals surface area contributed by atoms with Crippen LogP contribution < -0.4 is 15.5 Å². The van der Waals surface area contributed by atoms with E-state index in [9.17, 15) is 14.4 Å². The summed E-state index contributed by atoms with van der Waals surface area (Å²) in [5, 5.41) is 5.99. The Morgan fingerprint density at radius 3 is 2.47 bits per heavy atom. The average molecular weight is 406 g/mol. The van der Waals surface area contributed by atoms with Crippen molar-refractivity contribution >= 4 is 29.2 Å². The molecule has 1 atom stereocenters. The normalized spacial score (nSPS) is 18.7. The summed E-state index contributed by atoms with van der Waals surface area (Å²) in [4.78, 5) is 40.4. The summed E-state index contributed by atoms with van der Waals surface area (Å²) in [5.41, 5.74) is 3.54. The molecule has 0 spiro atoms. The summed E-state index contributed by atoms with van der Waals surface area (Å²) in [6.07, 6.45) is 0.987. The van der Waals surface area contributed by atoms with Gasteiger partial charge in [-0.25, -0.2) is 9.69 Å². The zero-order valence-electron chi connectivity index (χ0n) is 17.1. The number of amides is 4. The molecule has 0 radical (unpaired) electrons. The van der Waals surface area contributed by atoms with Gasteiger partial charge in [-0.2, -0.15) is 0 Å². The molecule has 1 unspecified atom stereocenters. The van der Waals surface area contributed by atoms with Crippen molar-refractivity contribution in [3.05, 3.63) is 59.7 Å². The maximum absolute atomic E-state index is 13.1. The van der Waals surface area contributed by atoms with Crippen molar-refractivity contribution in [3.63, 3.8) is 0 Å². The van der Waals surface area contributed by atoms with Crippen LogP contribution in [0.15, 0.2) is 48.5 Å². The molecule has 1 saturated heterocycles. The second-order valence-electron chi connectivity index (χ2n) is 7.79. The van der Waals surface area contributed by atoms with Gasteiger partial charge in [0.05, 0.1) is 5.69 Å². The first kappa shape index (κ1) is 20.1. The molecule has 7 heteroatoms. The van der Waals surface area contributed by atoms with E-state index in [0.717, 1.165) is 29.9 Å². The standard InChI is InChI=1S/C23H26N4O3/c1-16(28)25-19-8-6-17(7-9-19)14-18-15-22(29)27(21-5-3-2-4-20(18)21)23(30)26-12-10-24-11-13-26/h2-9,18,24H,10-15H2,1H3,(H,25,28). The molecule has 2 aromatic rings. The summed E-state index contributed by atoms with van der Waals surface area (Å²) >= 11 is 0. The summed E-state index contributed by atoms with van der Waals surface area (Å²) < 4.78 is 0. The zero-order chi connectivity index (χ0) is 21.1. The van der Waals surface area contributed by atoms with Gasteiger partial charge in [-0.05, 0) is 41.7 Å². The Labute approximate surface area is 176 Å². The lowest BCUT2D eigenvalue weighted by atomic mass is 9.84. The number of carbonyl (C=O) groups is 3. The molecular weight excluding hydrogens is 380 g/mol. The number of piperazine rings is 1. The molecule has 0 aliphatic carbocycles. The summed E-state index contributed by atoms with van der Waals surface area (Å²) in [6.45, 7) is 4.18. The van der Waals surface area contributed by atoms with Crippen molar-refractivity contribution in [3.8, 4) is 0 Å². The smallest absolute Gasteiger partial charge is 0.326 e. The number of para-hydroxylation sites is 1. The molecular formula is C23H26N4O3. The van der Waals surface area contributed by atoms with Gasteiger partial charge in [0.2, 0.25) is 11.8 Å². The Morgan fingerprint density at radius 1 is 1.07 bits per heavy atom. The summed E-state index contributed by atoms with van der Waals surface area (Å²) in [6, 6.07) is 15.1. The Kier molecular flexibility index (Phi) is 5.81.